The zero-order valence-electron chi connectivity index (χ0n) is 10.3. The number of hydrogen-bond acceptors (Lipinski definition) is 0. The molecule has 2 aromatic carbocycles. The molecule has 0 fully saturated rings. The van der Waals surface area contributed by atoms with Crippen molar-refractivity contribution >= 4 is 46.4 Å². The molecule has 3 aliphatic carbocycles. The Kier molecular flexibility index (Phi) is 3.02. The number of fused-ring (bicyclic) bond motifs is 1. The predicted octanol–water partition coefficient (Wildman–Crippen LogP) is 5.80. The lowest BCUT2D eigenvalue weighted by Gasteiger charge is -2.46. The minimum absolute atomic E-state index is 0.0881. The Morgan fingerprint density at radius 2 is 1.05 bits per heavy atom. The molecule has 102 valence electrons. The van der Waals surface area contributed by atoms with E-state index in [1.807, 2.05) is 24.3 Å². The van der Waals surface area contributed by atoms with Crippen molar-refractivity contribution in [1.29, 1.82) is 0 Å². The first-order valence-corrected chi connectivity index (χ1v) is 8.08. The van der Waals surface area contributed by atoms with Gasteiger partial charge in [-0.05, 0) is 34.4 Å². The Labute approximate surface area is 137 Å². The van der Waals surface area contributed by atoms with Crippen molar-refractivity contribution in [2.24, 2.45) is 0 Å². The number of benzene rings is 2. The third-order valence-electron chi connectivity index (χ3n) is 4.40. The van der Waals surface area contributed by atoms with Gasteiger partial charge in [-0.15, -0.1) is 23.2 Å². The molecule has 0 aliphatic heterocycles. The molecule has 4 heteroatoms. The summed E-state index contributed by atoms with van der Waals surface area (Å²) in [5, 5.41) is 0.901. The first kappa shape index (κ1) is 13.3. The smallest absolute Gasteiger partial charge is 0.0618 e. The van der Waals surface area contributed by atoms with Crippen LogP contribution in [0.2, 0.25) is 10.0 Å². The van der Waals surface area contributed by atoms with Crippen molar-refractivity contribution in [1.82, 2.24) is 0 Å². The van der Waals surface area contributed by atoms with Crippen molar-refractivity contribution in [3.05, 3.63) is 68.7 Å². The SMILES string of the molecule is Clc1cc2c(cc1Cl)[C@H]1c3ccccc3[C@H]2[C@@H](Cl)[C@H]1Cl. The van der Waals surface area contributed by atoms with E-state index in [0.29, 0.717) is 10.0 Å². The molecule has 2 aromatic rings. The van der Waals surface area contributed by atoms with Crippen LogP contribution in [0.4, 0.5) is 0 Å². The van der Waals surface area contributed by atoms with Crippen LogP contribution in [0.3, 0.4) is 0 Å². The second-order valence-electron chi connectivity index (χ2n) is 5.37. The van der Waals surface area contributed by atoms with Crippen molar-refractivity contribution < 1.29 is 0 Å². The molecule has 0 saturated carbocycles. The van der Waals surface area contributed by atoms with Crippen LogP contribution in [-0.4, -0.2) is 10.8 Å². The molecule has 0 amide bonds. The first-order chi connectivity index (χ1) is 9.59. The van der Waals surface area contributed by atoms with Gasteiger partial charge >= 0.3 is 0 Å². The molecule has 0 N–H and O–H groups in total. The average Bonchev–Trinajstić information content (AvgIpc) is 2.44. The van der Waals surface area contributed by atoms with Crippen LogP contribution in [-0.2, 0) is 0 Å². The van der Waals surface area contributed by atoms with E-state index in [9.17, 15) is 0 Å². The predicted molar refractivity (Wildman–Crippen MR) is 85.9 cm³/mol. The minimum Gasteiger partial charge on any atom is -0.120 e. The molecule has 5 rings (SSSR count). The largest absolute Gasteiger partial charge is 0.120 e. The van der Waals surface area contributed by atoms with Gasteiger partial charge in [0.1, 0.15) is 0 Å². The topological polar surface area (TPSA) is 0 Å². The summed E-state index contributed by atoms with van der Waals surface area (Å²) in [5.41, 5.74) is 4.86. The molecule has 2 bridgehead atoms. The molecule has 0 saturated heterocycles. The van der Waals surface area contributed by atoms with E-state index < -0.39 is 0 Å². The van der Waals surface area contributed by atoms with E-state index in [-0.39, 0.29) is 22.6 Å². The molecule has 0 radical (unpaired) electrons. The molecule has 0 spiro atoms. The summed E-state index contributed by atoms with van der Waals surface area (Å²) in [6.45, 7) is 0. The number of rotatable bonds is 0. The Morgan fingerprint density at radius 1 is 0.650 bits per heavy atom. The Morgan fingerprint density at radius 3 is 1.45 bits per heavy atom. The zero-order valence-corrected chi connectivity index (χ0v) is 13.3. The van der Waals surface area contributed by atoms with Gasteiger partial charge in [0, 0.05) is 11.8 Å². The summed E-state index contributed by atoms with van der Waals surface area (Å²) in [6, 6.07) is 12.3. The second kappa shape index (κ2) is 4.55. The maximum atomic E-state index is 6.60. The Balaban J connectivity index is 2.05. The molecule has 0 heterocycles. The average molecular weight is 344 g/mol. The molecule has 20 heavy (non-hydrogen) atoms. The van der Waals surface area contributed by atoms with E-state index in [2.05, 4.69) is 12.1 Å². The van der Waals surface area contributed by atoms with E-state index >= 15 is 0 Å². The Hall–Kier alpha value is -0.400. The lowest BCUT2D eigenvalue weighted by atomic mass is 9.63. The van der Waals surface area contributed by atoms with Crippen LogP contribution in [0.15, 0.2) is 36.4 Å². The van der Waals surface area contributed by atoms with Gasteiger partial charge in [-0.1, -0.05) is 47.5 Å². The van der Waals surface area contributed by atoms with Gasteiger partial charge in [0.15, 0.2) is 0 Å². The third-order valence-corrected chi connectivity index (χ3v) is 6.30. The van der Waals surface area contributed by atoms with Crippen LogP contribution in [0.25, 0.3) is 0 Å². The minimum atomic E-state index is -0.124. The maximum absolute atomic E-state index is 6.60. The molecule has 4 atom stereocenters. The molecular formula is C16H10Cl4. The van der Waals surface area contributed by atoms with E-state index in [0.717, 1.165) is 0 Å². The first-order valence-electron chi connectivity index (χ1n) is 6.45. The summed E-state index contributed by atoms with van der Waals surface area (Å²) in [4.78, 5) is 0. The van der Waals surface area contributed by atoms with Gasteiger partial charge in [0.05, 0.1) is 20.8 Å². The highest BCUT2D eigenvalue weighted by atomic mass is 35.5. The van der Waals surface area contributed by atoms with E-state index in [4.69, 9.17) is 46.4 Å². The summed E-state index contributed by atoms with van der Waals surface area (Å²) in [6.07, 6.45) is 0. The molecule has 0 aromatic heterocycles. The van der Waals surface area contributed by atoms with Crippen molar-refractivity contribution in [2.75, 3.05) is 0 Å². The molecule has 0 nitrogen and oxygen atoms in total. The number of alkyl halides is 2. The van der Waals surface area contributed by atoms with Crippen molar-refractivity contribution in [3.8, 4) is 0 Å². The van der Waals surface area contributed by atoms with Gasteiger partial charge < -0.3 is 0 Å². The second-order valence-corrected chi connectivity index (χ2v) is 7.19. The maximum Gasteiger partial charge on any atom is 0.0618 e. The summed E-state index contributed by atoms with van der Waals surface area (Å²) in [5.74, 6) is 0.176. The zero-order chi connectivity index (χ0) is 14.0. The monoisotopic (exact) mass is 342 g/mol. The standard InChI is InChI=1S/C16H10Cl4/c17-11-5-9-10(6-12(11)18)14-8-4-2-1-3-7(8)13(9)15(19)16(14)20/h1-6,13-16H/t13-,14-,15-,16+/m1/s1. The normalized spacial score (nSPS) is 30.0. The van der Waals surface area contributed by atoms with Gasteiger partial charge in [0.25, 0.3) is 0 Å². The quantitative estimate of drug-likeness (QED) is 0.530. The molecule has 3 aliphatic rings. The lowest BCUT2D eigenvalue weighted by molar-refractivity contribution is 0.535. The number of halogens is 4. The lowest BCUT2D eigenvalue weighted by Crippen LogP contribution is -2.41. The fourth-order valence-electron chi connectivity index (χ4n) is 3.58. The fraction of sp³-hybridized carbons (Fsp3) is 0.250. The highest BCUT2D eigenvalue weighted by molar-refractivity contribution is 6.42. The third kappa shape index (κ3) is 1.63. The van der Waals surface area contributed by atoms with Gasteiger partial charge in [-0.3, -0.25) is 0 Å². The fourth-order valence-corrected chi connectivity index (χ4v) is 4.76. The van der Waals surface area contributed by atoms with Crippen LogP contribution in [0.1, 0.15) is 34.1 Å². The van der Waals surface area contributed by atoms with E-state index in [1.165, 1.54) is 22.3 Å². The van der Waals surface area contributed by atoms with Gasteiger partial charge in [-0.2, -0.15) is 0 Å². The van der Waals surface area contributed by atoms with Crippen molar-refractivity contribution in [2.45, 2.75) is 22.6 Å². The molecular weight excluding hydrogens is 334 g/mol. The molecule has 0 unspecified atom stereocenters. The van der Waals surface area contributed by atoms with Gasteiger partial charge in [-0.25, -0.2) is 0 Å². The van der Waals surface area contributed by atoms with E-state index in [1.54, 1.807) is 0 Å². The summed E-state index contributed by atoms with van der Waals surface area (Å²) < 4.78 is 0. The van der Waals surface area contributed by atoms with Crippen LogP contribution in [0.5, 0.6) is 0 Å². The summed E-state index contributed by atoms with van der Waals surface area (Å²) in [7, 11) is 0. The van der Waals surface area contributed by atoms with Crippen LogP contribution >= 0.6 is 46.4 Å². The van der Waals surface area contributed by atoms with Crippen LogP contribution in [0, 0.1) is 0 Å². The summed E-state index contributed by atoms with van der Waals surface area (Å²) >= 11 is 25.6. The Bertz CT molecular complexity index is 650. The van der Waals surface area contributed by atoms with Gasteiger partial charge in [0.2, 0.25) is 0 Å². The van der Waals surface area contributed by atoms with Crippen molar-refractivity contribution in [3.63, 3.8) is 0 Å². The van der Waals surface area contributed by atoms with Crippen LogP contribution < -0.4 is 0 Å². The highest BCUT2D eigenvalue weighted by Crippen LogP contribution is 2.57. The highest BCUT2D eigenvalue weighted by Gasteiger charge is 2.48. The number of hydrogen-bond donors (Lipinski definition) is 0.